The molecule has 18 heavy (non-hydrogen) atoms. The van der Waals surface area contributed by atoms with Crippen LogP contribution in [0.15, 0.2) is 31.8 Å². The van der Waals surface area contributed by atoms with E-state index in [0.29, 0.717) is 11.3 Å². The minimum absolute atomic E-state index is 0.0656. The third-order valence-corrected chi connectivity index (χ3v) is 3.50. The lowest BCUT2D eigenvalue weighted by Crippen LogP contribution is -2.24. The van der Waals surface area contributed by atoms with Gasteiger partial charge in [-0.15, -0.1) is 11.3 Å². The summed E-state index contributed by atoms with van der Waals surface area (Å²) in [6.07, 6.45) is 2.84. The van der Waals surface area contributed by atoms with Crippen molar-refractivity contribution in [3.8, 4) is 0 Å². The maximum absolute atomic E-state index is 11.7. The fraction of sp³-hybridized carbons (Fsp3) is 0.167. The molecule has 3 rings (SSSR count). The number of hydrogen-bond donors (Lipinski definition) is 0. The van der Waals surface area contributed by atoms with Crippen molar-refractivity contribution in [3.63, 3.8) is 0 Å². The third-order valence-electron chi connectivity index (χ3n) is 2.67. The minimum atomic E-state index is -0.609. The van der Waals surface area contributed by atoms with Gasteiger partial charge in [-0.1, -0.05) is 0 Å². The number of ketones is 1. The van der Waals surface area contributed by atoms with Gasteiger partial charge in [-0.3, -0.25) is 9.79 Å². The Balaban J connectivity index is 2.27. The zero-order chi connectivity index (χ0) is 12.7. The molecule has 0 N–H and O–H groups in total. The van der Waals surface area contributed by atoms with Gasteiger partial charge < -0.3 is 4.42 Å². The van der Waals surface area contributed by atoms with Crippen molar-refractivity contribution < 1.29 is 9.21 Å². The molecule has 1 aliphatic rings. The number of carbonyl (C=O) groups excluding carboxylic acids is 1. The summed E-state index contributed by atoms with van der Waals surface area (Å²) in [6, 6.07) is 1.29. The van der Waals surface area contributed by atoms with E-state index in [-0.39, 0.29) is 11.6 Å². The Morgan fingerprint density at radius 3 is 2.94 bits per heavy atom. The van der Waals surface area contributed by atoms with Crippen LogP contribution in [0.2, 0.25) is 0 Å². The number of fused-ring (bicyclic) bond motifs is 1. The zero-order valence-electron chi connectivity index (χ0n) is 9.41. The normalized spacial score (nSPS) is 17.8. The Kier molecular flexibility index (Phi) is 2.45. The first-order chi connectivity index (χ1) is 8.66. The zero-order valence-corrected chi connectivity index (χ0v) is 10.2. The van der Waals surface area contributed by atoms with Gasteiger partial charge in [0.25, 0.3) is 0 Å². The maximum Gasteiger partial charge on any atom is 0.347 e. The quantitative estimate of drug-likeness (QED) is 0.783. The van der Waals surface area contributed by atoms with Gasteiger partial charge in [0, 0.05) is 17.1 Å². The number of aromatic nitrogens is 1. The van der Waals surface area contributed by atoms with Crippen LogP contribution in [-0.4, -0.2) is 17.0 Å². The van der Waals surface area contributed by atoms with Crippen molar-refractivity contribution in [2.24, 2.45) is 4.99 Å². The molecular weight excluding hydrogens is 252 g/mol. The molecule has 0 saturated carbocycles. The summed E-state index contributed by atoms with van der Waals surface area (Å²) in [5, 5.41) is 2.59. The molecule has 0 amide bonds. The Bertz CT molecular complexity index is 701. The van der Waals surface area contributed by atoms with Crippen molar-refractivity contribution in [1.82, 2.24) is 4.98 Å². The molecule has 5 nitrogen and oxygen atoms in total. The Morgan fingerprint density at radius 1 is 1.39 bits per heavy atom. The van der Waals surface area contributed by atoms with E-state index >= 15 is 0 Å². The van der Waals surface area contributed by atoms with E-state index in [1.807, 2.05) is 5.38 Å². The van der Waals surface area contributed by atoms with E-state index in [4.69, 9.17) is 4.42 Å². The van der Waals surface area contributed by atoms with Crippen LogP contribution in [0.5, 0.6) is 0 Å². The van der Waals surface area contributed by atoms with Crippen molar-refractivity contribution in [1.29, 1.82) is 0 Å². The summed E-state index contributed by atoms with van der Waals surface area (Å²) in [5.74, 6) is 0.0526. The van der Waals surface area contributed by atoms with Crippen LogP contribution < -0.4 is 5.63 Å². The van der Waals surface area contributed by atoms with E-state index in [0.717, 1.165) is 5.01 Å². The van der Waals surface area contributed by atoms with Crippen LogP contribution in [0.1, 0.15) is 32.7 Å². The van der Waals surface area contributed by atoms with E-state index in [2.05, 4.69) is 9.98 Å². The smallest absolute Gasteiger partial charge is 0.347 e. The van der Waals surface area contributed by atoms with Gasteiger partial charge in [-0.2, -0.15) is 0 Å². The molecular formula is C12H8N2O3S. The Labute approximate surface area is 106 Å². The van der Waals surface area contributed by atoms with Gasteiger partial charge in [-0.05, 0) is 13.0 Å². The number of thiazole rings is 1. The average Bonchev–Trinajstić information content (AvgIpc) is 2.81. The summed E-state index contributed by atoms with van der Waals surface area (Å²) in [5.41, 5.74) is 0.0321. The van der Waals surface area contributed by atoms with E-state index in [9.17, 15) is 9.59 Å². The van der Waals surface area contributed by atoms with Crippen molar-refractivity contribution in [3.05, 3.63) is 50.0 Å². The monoisotopic (exact) mass is 260 g/mol. The van der Waals surface area contributed by atoms with Gasteiger partial charge in [0.1, 0.15) is 22.4 Å². The molecule has 0 radical (unpaired) electrons. The summed E-state index contributed by atoms with van der Waals surface area (Å²) < 4.78 is 4.96. The molecule has 3 heterocycles. The predicted octanol–water partition coefficient (Wildman–Crippen LogP) is 1.76. The van der Waals surface area contributed by atoms with E-state index in [1.165, 1.54) is 17.6 Å². The topological polar surface area (TPSA) is 72.5 Å². The molecule has 1 atom stereocenters. The standard InChI is InChI=1S/C12H8N2O3S/c1-6-4-7-9(12(16)17-6)8(15)5-14-10(7)11-13-2-3-18-11/h2-5,10H,1H3. The minimum Gasteiger partial charge on any atom is -0.428 e. The first kappa shape index (κ1) is 11.0. The number of Topliss-reactive ketones (excluding diaryl/α,β-unsaturated/α-hetero) is 1. The highest BCUT2D eigenvalue weighted by Gasteiger charge is 2.29. The molecule has 1 aliphatic heterocycles. The molecule has 2 aromatic heterocycles. The Morgan fingerprint density at radius 2 is 2.22 bits per heavy atom. The lowest BCUT2D eigenvalue weighted by Gasteiger charge is -2.16. The second-order valence-electron chi connectivity index (χ2n) is 3.89. The molecule has 0 aromatic carbocycles. The lowest BCUT2D eigenvalue weighted by molar-refractivity contribution is 0.106. The molecule has 0 saturated heterocycles. The number of hydrogen-bond acceptors (Lipinski definition) is 6. The highest BCUT2D eigenvalue weighted by Crippen LogP contribution is 2.31. The second-order valence-corrected chi connectivity index (χ2v) is 4.82. The molecule has 0 fully saturated rings. The first-order valence-corrected chi connectivity index (χ1v) is 6.16. The number of aliphatic imine (C=N–C) groups is 1. The largest absolute Gasteiger partial charge is 0.428 e. The third kappa shape index (κ3) is 1.62. The van der Waals surface area contributed by atoms with Gasteiger partial charge >= 0.3 is 5.63 Å². The van der Waals surface area contributed by atoms with Crippen molar-refractivity contribution in [2.45, 2.75) is 13.0 Å². The van der Waals surface area contributed by atoms with Crippen LogP contribution in [0, 0.1) is 6.92 Å². The molecule has 0 spiro atoms. The molecule has 90 valence electrons. The Hall–Kier alpha value is -2.08. The average molecular weight is 260 g/mol. The highest BCUT2D eigenvalue weighted by molar-refractivity contribution is 7.09. The first-order valence-electron chi connectivity index (χ1n) is 5.28. The fourth-order valence-electron chi connectivity index (χ4n) is 1.95. The summed E-state index contributed by atoms with van der Waals surface area (Å²) in [6.45, 7) is 1.67. The number of nitrogens with zero attached hydrogens (tertiary/aromatic N) is 2. The molecule has 6 heteroatoms. The highest BCUT2D eigenvalue weighted by atomic mass is 32.1. The van der Waals surface area contributed by atoms with Crippen LogP contribution in [0.25, 0.3) is 0 Å². The molecule has 0 aliphatic carbocycles. The number of aryl methyl sites for hydroxylation is 1. The van der Waals surface area contributed by atoms with Gasteiger partial charge in [0.15, 0.2) is 0 Å². The maximum atomic E-state index is 11.7. The fourth-order valence-corrected chi connectivity index (χ4v) is 2.65. The molecule has 0 bridgehead atoms. The molecule has 1 unspecified atom stereocenters. The van der Waals surface area contributed by atoms with E-state index in [1.54, 1.807) is 19.2 Å². The second kappa shape index (κ2) is 3.99. The SMILES string of the molecule is Cc1cc2c(c(=O)o1)C(=O)C=NC2c1nccs1. The van der Waals surface area contributed by atoms with Crippen molar-refractivity contribution in [2.75, 3.05) is 0 Å². The number of carbonyl (C=O) groups is 1. The van der Waals surface area contributed by atoms with Crippen LogP contribution >= 0.6 is 11.3 Å². The van der Waals surface area contributed by atoms with Crippen LogP contribution in [0.4, 0.5) is 0 Å². The van der Waals surface area contributed by atoms with Crippen molar-refractivity contribution >= 4 is 23.3 Å². The lowest BCUT2D eigenvalue weighted by atomic mass is 9.97. The van der Waals surface area contributed by atoms with Gasteiger partial charge in [-0.25, -0.2) is 9.78 Å². The van der Waals surface area contributed by atoms with Crippen LogP contribution in [-0.2, 0) is 0 Å². The van der Waals surface area contributed by atoms with Gasteiger partial charge in [0.2, 0.25) is 5.78 Å². The van der Waals surface area contributed by atoms with Gasteiger partial charge in [0.05, 0.1) is 6.21 Å². The van der Waals surface area contributed by atoms with Crippen LogP contribution in [0.3, 0.4) is 0 Å². The summed E-state index contributed by atoms with van der Waals surface area (Å²) >= 11 is 1.44. The predicted molar refractivity (Wildman–Crippen MR) is 66.5 cm³/mol. The number of rotatable bonds is 1. The molecule has 2 aromatic rings. The summed E-state index contributed by atoms with van der Waals surface area (Å²) in [4.78, 5) is 31.8. The van der Waals surface area contributed by atoms with E-state index < -0.39 is 11.4 Å². The summed E-state index contributed by atoms with van der Waals surface area (Å²) in [7, 11) is 0.